The molecular formula is C5H5ClO3. The number of carbonyl (C=O) groups excluding carboxylic acids is 1. The highest BCUT2D eigenvalue weighted by Crippen LogP contribution is 2.01. The Morgan fingerprint density at radius 3 is 2.11 bits per heavy atom. The molecule has 0 aliphatic carbocycles. The van der Waals surface area contributed by atoms with Crippen LogP contribution in [0.3, 0.4) is 0 Å². The lowest BCUT2D eigenvalue weighted by atomic mass is 10.2. The average molecular weight is 149 g/mol. The van der Waals surface area contributed by atoms with Gasteiger partial charge in [-0.1, -0.05) is 6.58 Å². The van der Waals surface area contributed by atoms with E-state index in [0.29, 0.717) is 0 Å². The summed E-state index contributed by atoms with van der Waals surface area (Å²) < 4.78 is 0. The number of halogens is 1. The zero-order chi connectivity index (χ0) is 7.44. The van der Waals surface area contributed by atoms with E-state index in [2.05, 4.69) is 6.58 Å². The highest BCUT2D eigenvalue weighted by molar-refractivity contribution is 6.67. The number of rotatable bonds is 3. The van der Waals surface area contributed by atoms with Gasteiger partial charge in [-0.05, 0) is 11.6 Å². The van der Waals surface area contributed by atoms with Gasteiger partial charge in [-0.25, -0.2) is 0 Å². The van der Waals surface area contributed by atoms with Crippen molar-refractivity contribution in [3.63, 3.8) is 0 Å². The molecule has 0 aromatic carbocycles. The molecule has 0 aliphatic rings. The van der Waals surface area contributed by atoms with Gasteiger partial charge in [0.05, 0.1) is 6.42 Å². The monoisotopic (exact) mass is 148 g/mol. The van der Waals surface area contributed by atoms with E-state index in [1.807, 2.05) is 0 Å². The van der Waals surface area contributed by atoms with Crippen molar-refractivity contribution >= 4 is 22.8 Å². The lowest BCUT2D eigenvalue weighted by molar-refractivity contribution is -0.136. The zero-order valence-electron chi connectivity index (χ0n) is 4.56. The van der Waals surface area contributed by atoms with E-state index in [1.54, 1.807) is 0 Å². The van der Waals surface area contributed by atoms with Crippen LogP contribution in [0.15, 0.2) is 12.2 Å². The molecule has 0 radical (unpaired) electrons. The number of aliphatic carboxylic acids is 1. The summed E-state index contributed by atoms with van der Waals surface area (Å²) in [6.45, 7) is 3.13. The summed E-state index contributed by atoms with van der Waals surface area (Å²) in [4.78, 5) is 19.9. The fraction of sp³-hybridized carbons (Fsp3) is 0.200. The maximum atomic E-state index is 10.1. The molecule has 9 heavy (non-hydrogen) atoms. The lowest BCUT2D eigenvalue weighted by Crippen LogP contribution is -2.00. The highest BCUT2D eigenvalue weighted by atomic mass is 35.5. The van der Waals surface area contributed by atoms with Crippen molar-refractivity contribution < 1.29 is 14.7 Å². The fourth-order valence-corrected chi connectivity index (χ4v) is 0.319. The van der Waals surface area contributed by atoms with Crippen LogP contribution >= 0.6 is 11.6 Å². The fourth-order valence-electron chi connectivity index (χ4n) is 0.252. The second-order valence-electron chi connectivity index (χ2n) is 1.45. The van der Waals surface area contributed by atoms with Gasteiger partial charge in [0.1, 0.15) is 0 Å². The van der Waals surface area contributed by atoms with E-state index in [-0.39, 0.29) is 12.0 Å². The van der Waals surface area contributed by atoms with Crippen LogP contribution in [0, 0.1) is 0 Å². The second-order valence-corrected chi connectivity index (χ2v) is 1.79. The first kappa shape index (κ1) is 8.17. The van der Waals surface area contributed by atoms with Crippen molar-refractivity contribution in [2.24, 2.45) is 0 Å². The molecule has 1 N–H and O–H groups in total. The van der Waals surface area contributed by atoms with Crippen molar-refractivity contribution in [1.82, 2.24) is 0 Å². The Labute approximate surface area is 56.9 Å². The number of hydrogen-bond acceptors (Lipinski definition) is 2. The number of carboxylic acids is 1. The summed E-state index contributed by atoms with van der Waals surface area (Å²) in [6, 6.07) is 0. The van der Waals surface area contributed by atoms with Gasteiger partial charge in [-0.2, -0.15) is 0 Å². The van der Waals surface area contributed by atoms with E-state index in [4.69, 9.17) is 16.7 Å². The quantitative estimate of drug-likeness (QED) is 0.476. The van der Waals surface area contributed by atoms with E-state index in [0.717, 1.165) is 0 Å². The third kappa shape index (κ3) is 3.73. The van der Waals surface area contributed by atoms with Crippen LogP contribution < -0.4 is 0 Å². The molecule has 50 valence electrons. The Bertz CT molecular complexity index is 162. The largest absolute Gasteiger partial charge is 0.481 e. The van der Waals surface area contributed by atoms with Gasteiger partial charge < -0.3 is 5.11 Å². The molecule has 0 amide bonds. The zero-order valence-corrected chi connectivity index (χ0v) is 5.31. The summed E-state index contributed by atoms with van der Waals surface area (Å²) in [6.07, 6.45) is -0.387. The van der Waals surface area contributed by atoms with Crippen LogP contribution in [-0.2, 0) is 9.59 Å². The van der Waals surface area contributed by atoms with E-state index >= 15 is 0 Å². The Kier molecular flexibility index (Phi) is 2.95. The molecule has 3 nitrogen and oxygen atoms in total. The van der Waals surface area contributed by atoms with Crippen LogP contribution in [0.5, 0.6) is 0 Å². The molecule has 0 fully saturated rings. The van der Waals surface area contributed by atoms with Crippen molar-refractivity contribution in [3.05, 3.63) is 12.2 Å². The molecule has 0 unspecified atom stereocenters. The molecule has 0 atom stereocenters. The SMILES string of the molecule is C=C(CC(=O)O)C(=O)Cl. The van der Waals surface area contributed by atoms with Gasteiger partial charge in [0.2, 0.25) is 5.24 Å². The highest BCUT2D eigenvalue weighted by Gasteiger charge is 2.06. The molecule has 0 heterocycles. The molecule has 0 aromatic heterocycles. The summed E-state index contributed by atoms with van der Waals surface area (Å²) in [7, 11) is 0. The van der Waals surface area contributed by atoms with Crippen LogP contribution in [0.25, 0.3) is 0 Å². The molecule has 4 heteroatoms. The molecule has 0 aromatic rings. The second kappa shape index (κ2) is 3.25. The summed E-state index contributed by atoms with van der Waals surface area (Å²) in [5, 5.41) is 7.27. The third-order valence-corrected chi connectivity index (χ3v) is 0.910. The molecule has 0 aliphatic heterocycles. The molecule has 0 saturated heterocycles. The number of hydrogen-bond donors (Lipinski definition) is 1. The predicted molar refractivity (Wildman–Crippen MR) is 32.3 cm³/mol. The van der Waals surface area contributed by atoms with Crippen molar-refractivity contribution in [2.75, 3.05) is 0 Å². The predicted octanol–water partition coefficient (Wildman–Crippen LogP) is 0.783. The summed E-state index contributed by atoms with van der Waals surface area (Å²) >= 11 is 4.87. The Morgan fingerprint density at radius 1 is 1.56 bits per heavy atom. The maximum Gasteiger partial charge on any atom is 0.307 e. The van der Waals surface area contributed by atoms with Gasteiger partial charge in [0.25, 0.3) is 0 Å². The first-order chi connectivity index (χ1) is 4.04. The minimum absolute atomic E-state index is 0.0934. The minimum Gasteiger partial charge on any atom is -0.481 e. The Hall–Kier alpha value is -0.830. The molecular weight excluding hydrogens is 144 g/mol. The summed E-state index contributed by atoms with van der Waals surface area (Å²) in [5.41, 5.74) is -0.0934. The van der Waals surface area contributed by atoms with Gasteiger partial charge in [-0.15, -0.1) is 0 Å². The number of carbonyl (C=O) groups is 2. The lowest BCUT2D eigenvalue weighted by Gasteiger charge is -1.90. The Balaban J connectivity index is 3.79. The van der Waals surface area contributed by atoms with Crippen LogP contribution in [0.2, 0.25) is 0 Å². The van der Waals surface area contributed by atoms with E-state index < -0.39 is 11.2 Å². The van der Waals surface area contributed by atoms with Crippen molar-refractivity contribution in [1.29, 1.82) is 0 Å². The maximum absolute atomic E-state index is 10.1. The van der Waals surface area contributed by atoms with Crippen LogP contribution in [0.1, 0.15) is 6.42 Å². The van der Waals surface area contributed by atoms with Crippen LogP contribution in [0.4, 0.5) is 0 Å². The molecule has 0 rings (SSSR count). The first-order valence-corrected chi connectivity index (χ1v) is 2.51. The molecule has 0 saturated carbocycles. The van der Waals surface area contributed by atoms with Gasteiger partial charge in [-0.3, -0.25) is 9.59 Å². The van der Waals surface area contributed by atoms with E-state index in [1.165, 1.54) is 0 Å². The average Bonchev–Trinajstić information content (AvgIpc) is 1.63. The van der Waals surface area contributed by atoms with Gasteiger partial charge >= 0.3 is 5.97 Å². The topological polar surface area (TPSA) is 54.4 Å². The Morgan fingerprint density at radius 2 is 2.00 bits per heavy atom. The smallest absolute Gasteiger partial charge is 0.307 e. The summed E-state index contributed by atoms with van der Waals surface area (Å²) in [5.74, 6) is -1.10. The molecule has 0 spiro atoms. The van der Waals surface area contributed by atoms with Crippen LogP contribution in [-0.4, -0.2) is 16.3 Å². The van der Waals surface area contributed by atoms with Crippen molar-refractivity contribution in [2.45, 2.75) is 6.42 Å². The number of carboxylic acid groups (broad SMARTS) is 1. The third-order valence-electron chi connectivity index (χ3n) is 0.643. The molecule has 0 bridgehead atoms. The standard InChI is InChI=1S/C5H5ClO3/c1-3(5(6)9)2-4(7)8/h1-2H2,(H,7,8). The minimum atomic E-state index is -1.10. The van der Waals surface area contributed by atoms with Crippen molar-refractivity contribution in [3.8, 4) is 0 Å². The normalized spacial score (nSPS) is 8.56. The van der Waals surface area contributed by atoms with Gasteiger partial charge in [0.15, 0.2) is 0 Å². The van der Waals surface area contributed by atoms with E-state index in [9.17, 15) is 9.59 Å². The first-order valence-electron chi connectivity index (χ1n) is 2.13. The van der Waals surface area contributed by atoms with Gasteiger partial charge in [0, 0.05) is 5.57 Å².